The van der Waals surface area contributed by atoms with E-state index < -0.39 is 15.7 Å². The van der Waals surface area contributed by atoms with E-state index in [1.807, 2.05) is 6.92 Å². The van der Waals surface area contributed by atoms with Crippen LogP contribution in [-0.2, 0) is 10.2 Å². The van der Waals surface area contributed by atoms with Crippen molar-refractivity contribution >= 4 is 10.2 Å². The lowest BCUT2D eigenvalue weighted by Crippen LogP contribution is -2.54. The van der Waals surface area contributed by atoms with E-state index in [1.165, 1.54) is 0 Å². The lowest BCUT2D eigenvalue weighted by atomic mass is 9.96. The van der Waals surface area contributed by atoms with E-state index in [0.29, 0.717) is 26.1 Å². The normalized spacial score (nSPS) is 31.5. The van der Waals surface area contributed by atoms with Crippen molar-refractivity contribution in [3.63, 3.8) is 0 Å². The second-order valence-electron chi connectivity index (χ2n) is 5.73. The van der Waals surface area contributed by atoms with Gasteiger partial charge in [-0.15, -0.1) is 0 Å². The minimum atomic E-state index is -3.41. The second-order valence-corrected chi connectivity index (χ2v) is 7.59. The van der Waals surface area contributed by atoms with Crippen LogP contribution in [0.5, 0.6) is 0 Å². The molecule has 0 amide bonds. The summed E-state index contributed by atoms with van der Waals surface area (Å²) < 4.78 is 28.8. The van der Waals surface area contributed by atoms with Crippen molar-refractivity contribution in [2.45, 2.75) is 57.4 Å². The molecule has 6 heteroatoms. The van der Waals surface area contributed by atoms with Crippen molar-refractivity contribution in [1.29, 1.82) is 0 Å². The zero-order valence-corrected chi connectivity index (χ0v) is 12.7. The molecular formula is C13H26N2O3S. The predicted molar refractivity (Wildman–Crippen MR) is 75.0 cm³/mol. The number of aliphatic hydroxyl groups is 1. The number of hydrogen-bond donors (Lipinski definition) is 1. The Balaban J connectivity index is 2.22. The highest BCUT2D eigenvalue weighted by Crippen LogP contribution is 2.35. The van der Waals surface area contributed by atoms with Gasteiger partial charge in [-0.1, -0.05) is 19.8 Å². The molecule has 0 spiro atoms. The van der Waals surface area contributed by atoms with Gasteiger partial charge in [0.1, 0.15) is 0 Å². The first kappa shape index (κ1) is 15.2. The fraction of sp³-hybridized carbons (Fsp3) is 1.00. The summed E-state index contributed by atoms with van der Waals surface area (Å²) in [5, 5.41) is 9.68. The number of nitrogens with zero attached hydrogens (tertiary/aromatic N) is 2. The first-order valence-electron chi connectivity index (χ1n) is 7.45. The van der Waals surface area contributed by atoms with E-state index in [-0.39, 0.29) is 6.61 Å². The Hall–Kier alpha value is -0.170. The van der Waals surface area contributed by atoms with E-state index in [9.17, 15) is 13.5 Å². The Kier molecular flexibility index (Phi) is 4.87. The van der Waals surface area contributed by atoms with Gasteiger partial charge in [-0.05, 0) is 32.1 Å². The van der Waals surface area contributed by atoms with Gasteiger partial charge in [0, 0.05) is 19.6 Å². The van der Waals surface area contributed by atoms with E-state index in [0.717, 1.165) is 38.5 Å². The molecule has 0 aliphatic carbocycles. The van der Waals surface area contributed by atoms with Crippen molar-refractivity contribution < 1.29 is 13.5 Å². The predicted octanol–water partition coefficient (Wildman–Crippen LogP) is 1.34. The monoisotopic (exact) mass is 290 g/mol. The van der Waals surface area contributed by atoms with Crippen LogP contribution in [0.25, 0.3) is 0 Å². The molecule has 0 saturated carbocycles. The third-order valence-electron chi connectivity index (χ3n) is 4.65. The Morgan fingerprint density at radius 1 is 1.05 bits per heavy atom. The summed E-state index contributed by atoms with van der Waals surface area (Å²) in [6.45, 7) is 3.70. The molecule has 112 valence electrons. The van der Waals surface area contributed by atoms with Gasteiger partial charge in [0.2, 0.25) is 0 Å². The zero-order chi connectivity index (χ0) is 13.9. The summed E-state index contributed by atoms with van der Waals surface area (Å²) in [7, 11) is -3.41. The Morgan fingerprint density at radius 2 is 1.68 bits per heavy atom. The van der Waals surface area contributed by atoms with Crippen molar-refractivity contribution in [3.8, 4) is 0 Å². The molecule has 2 saturated heterocycles. The molecule has 0 aromatic heterocycles. The van der Waals surface area contributed by atoms with Crippen LogP contribution in [0, 0.1) is 0 Å². The van der Waals surface area contributed by atoms with Crippen LogP contribution >= 0.6 is 0 Å². The van der Waals surface area contributed by atoms with Gasteiger partial charge in [0.05, 0.1) is 12.1 Å². The van der Waals surface area contributed by atoms with Crippen LogP contribution in [0.1, 0.15) is 51.9 Å². The zero-order valence-electron chi connectivity index (χ0n) is 11.8. The first-order chi connectivity index (χ1) is 9.07. The maximum absolute atomic E-state index is 12.8. The highest BCUT2D eigenvalue weighted by molar-refractivity contribution is 7.86. The minimum Gasteiger partial charge on any atom is -0.394 e. The quantitative estimate of drug-likeness (QED) is 0.850. The van der Waals surface area contributed by atoms with E-state index in [1.54, 1.807) is 8.61 Å². The summed E-state index contributed by atoms with van der Waals surface area (Å²) in [6, 6.07) is 0. The highest BCUT2D eigenvalue weighted by Gasteiger charge is 2.47. The van der Waals surface area contributed by atoms with Gasteiger partial charge >= 0.3 is 0 Å². The first-order valence-corrected chi connectivity index (χ1v) is 8.85. The molecule has 1 N–H and O–H groups in total. The molecule has 0 unspecified atom stereocenters. The third kappa shape index (κ3) is 2.82. The van der Waals surface area contributed by atoms with Crippen LogP contribution in [0.2, 0.25) is 0 Å². The summed E-state index contributed by atoms with van der Waals surface area (Å²) in [5.41, 5.74) is -0.564. The topological polar surface area (TPSA) is 60.9 Å². The SMILES string of the molecule is CC[C@@]1(CO)CCCN1S(=O)(=O)N1CCCCCC1. The summed E-state index contributed by atoms with van der Waals surface area (Å²) in [4.78, 5) is 0. The van der Waals surface area contributed by atoms with Crippen molar-refractivity contribution in [2.75, 3.05) is 26.2 Å². The van der Waals surface area contributed by atoms with E-state index in [4.69, 9.17) is 0 Å². The van der Waals surface area contributed by atoms with Crippen molar-refractivity contribution in [2.24, 2.45) is 0 Å². The Morgan fingerprint density at radius 3 is 2.21 bits per heavy atom. The Bertz CT molecular complexity index is 385. The molecule has 0 aromatic rings. The van der Waals surface area contributed by atoms with E-state index in [2.05, 4.69) is 0 Å². The van der Waals surface area contributed by atoms with Gasteiger partial charge in [0.15, 0.2) is 0 Å². The molecule has 5 nitrogen and oxygen atoms in total. The van der Waals surface area contributed by atoms with Crippen LogP contribution in [0.15, 0.2) is 0 Å². The largest absolute Gasteiger partial charge is 0.394 e. The van der Waals surface area contributed by atoms with Crippen LogP contribution in [-0.4, -0.2) is 53.9 Å². The van der Waals surface area contributed by atoms with Gasteiger partial charge in [-0.25, -0.2) is 0 Å². The van der Waals surface area contributed by atoms with Gasteiger partial charge in [0.25, 0.3) is 10.2 Å². The molecule has 0 bridgehead atoms. The molecule has 0 aromatic carbocycles. The molecule has 1 atom stereocenters. The molecule has 2 aliphatic rings. The lowest BCUT2D eigenvalue weighted by Gasteiger charge is -2.38. The fourth-order valence-electron chi connectivity index (χ4n) is 3.31. The van der Waals surface area contributed by atoms with Crippen LogP contribution < -0.4 is 0 Å². The molecular weight excluding hydrogens is 264 g/mol. The minimum absolute atomic E-state index is 0.0728. The molecule has 2 rings (SSSR count). The standard InChI is InChI=1S/C13H26N2O3S/c1-2-13(12-16)8-7-11-15(13)19(17,18)14-9-5-3-4-6-10-14/h16H,2-12H2,1H3/t13-/m0/s1. The summed E-state index contributed by atoms with van der Waals surface area (Å²) in [6.07, 6.45) is 6.43. The smallest absolute Gasteiger partial charge is 0.282 e. The molecule has 19 heavy (non-hydrogen) atoms. The fourth-order valence-corrected chi connectivity index (χ4v) is 5.43. The maximum Gasteiger partial charge on any atom is 0.282 e. The lowest BCUT2D eigenvalue weighted by molar-refractivity contribution is 0.111. The number of hydrogen-bond acceptors (Lipinski definition) is 3. The Labute approximate surface area is 116 Å². The van der Waals surface area contributed by atoms with Crippen molar-refractivity contribution in [3.05, 3.63) is 0 Å². The number of aliphatic hydroxyl groups excluding tert-OH is 1. The van der Waals surface area contributed by atoms with E-state index >= 15 is 0 Å². The van der Waals surface area contributed by atoms with Crippen molar-refractivity contribution in [1.82, 2.24) is 8.61 Å². The average molecular weight is 290 g/mol. The average Bonchev–Trinajstić information content (AvgIpc) is 2.65. The van der Waals surface area contributed by atoms with Gasteiger partial charge in [-0.3, -0.25) is 0 Å². The number of rotatable bonds is 4. The third-order valence-corrected chi connectivity index (χ3v) is 6.80. The molecule has 0 radical (unpaired) electrons. The highest BCUT2D eigenvalue weighted by atomic mass is 32.2. The molecule has 2 heterocycles. The molecule has 2 fully saturated rings. The van der Waals surface area contributed by atoms with Crippen LogP contribution in [0.4, 0.5) is 0 Å². The maximum atomic E-state index is 12.8. The van der Waals surface area contributed by atoms with Gasteiger partial charge < -0.3 is 5.11 Å². The molecule has 2 aliphatic heterocycles. The van der Waals surface area contributed by atoms with Crippen LogP contribution in [0.3, 0.4) is 0 Å². The summed E-state index contributed by atoms with van der Waals surface area (Å²) >= 11 is 0. The summed E-state index contributed by atoms with van der Waals surface area (Å²) in [5.74, 6) is 0. The second kappa shape index (κ2) is 6.08. The van der Waals surface area contributed by atoms with Gasteiger partial charge in [-0.2, -0.15) is 17.0 Å².